The normalized spacial score (nSPS) is 14.4. The molecule has 0 atom stereocenters. The molecule has 2 heterocycles. The number of amides is 1. The summed E-state index contributed by atoms with van der Waals surface area (Å²) in [6.07, 6.45) is 1.43. The van der Waals surface area contributed by atoms with Gasteiger partial charge in [0.2, 0.25) is 0 Å². The highest BCUT2D eigenvalue weighted by atomic mass is 19.1. The first-order chi connectivity index (χ1) is 15.4. The molecule has 4 rings (SSSR count). The van der Waals surface area contributed by atoms with Crippen LogP contribution in [0.25, 0.3) is 0 Å². The lowest BCUT2D eigenvalue weighted by atomic mass is 10.0. The minimum atomic E-state index is -0.241. The summed E-state index contributed by atoms with van der Waals surface area (Å²) in [6.45, 7) is 8.71. The summed E-state index contributed by atoms with van der Waals surface area (Å²) in [5.41, 5.74) is 4.58. The summed E-state index contributed by atoms with van der Waals surface area (Å²) in [6, 6.07) is 14.4. The number of anilines is 1. The molecule has 1 aliphatic heterocycles. The molecule has 0 aliphatic carbocycles. The maximum absolute atomic E-state index is 13.8. The molecule has 1 aliphatic rings. The molecule has 0 spiro atoms. The number of hydrogen-bond acceptors (Lipinski definition) is 4. The number of hydrogen-bond donors (Lipinski definition) is 0. The summed E-state index contributed by atoms with van der Waals surface area (Å²) < 4.78 is 13.8. The van der Waals surface area contributed by atoms with Gasteiger partial charge in [0.25, 0.3) is 5.91 Å². The fraction of sp³-hybridized carbons (Fsp3) is 0.346. The fourth-order valence-corrected chi connectivity index (χ4v) is 4.35. The minimum absolute atomic E-state index is 0.0833. The van der Waals surface area contributed by atoms with E-state index in [0.717, 1.165) is 52.6 Å². The van der Waals surface area contributed by atoms with Crippen LogP contribution in [0.15, 0.2) is 48.5 Å². The summed E-state index contributed by atoms with van der Waals surface area (Å²) in [4.78, 5) is 26.6. The number of rotatable bonds is 4. The zero-order chi connectivity index (χ0) is 22.7. The summed E-state index contributed by atoms with van der Waals surface area (Å²) >= 11 is 0. The van der Waals surface area contributed by atoms with E-state index in [1.807, 2.05) is 56.0 Å². The monoisotopic (exact) mass is 432 g/mol. The van der Waals surface area contributed by atoms with E-state index in [2.05, 4.69) is 9.88 Å². The van der Waals surface area contributed by atoms with Gasteiger partial charge in [-0.15, -0.1) is 0 Å². The van der Waals surface area contributed by atoms with Gasteiger partial charge in [0.15, 0.2) is 0 Å². The third-order valence-corrected chi connectivity index (χ3v) is 6.03. The van der Waals surface area contributed by atoms with Crippen LogP contribution in [0, 0.1) is 26.6 Å². The van der Waals surface area contributed by atoms with Gasteiger partial charge >= 0.3 is 0 Å². The van der Waals surface area contributed by atoms with Crippen molar-refractivity contribution in [1.82, 2.24) is 14.9 Å². The topological polar surface area (TPSA) is 49.3 Å². The first-order valence-corrected chi connectivity index (χ1v) is 11.1. The molecule has 166 valence electrons. The van der Waals surface area contributed by atoms with Crippen LogP contribution in [0.4, 0.5) is 10.2 Å². The Balaban J connectivity index is 1.57. The van der Waals surface area contributed by atoms with Gasteiger partial charge in [-0.1, -0.05) is 30.3 Å². The van der Waals surface area contributed by atoms with Gasteiger partial charge in [-0.2, -0.15) is 0 Å². The number of carbonyl (C=O) groups is 1. The van der Waals surface area contributed by atoms with Gasteiger partial charge in [-0.3, -0.25) is 4.79 Å². The van der Waals surface area contributed by atoms with E-state index in [1.54, 1.807) is 12.1 Å². The maximum Gasteiger partial charge on any atom is 0.254 e. The Morgan fingerprint density at radius 1 is 0.969 bits per heavy atom. The van der Waals surface area contributed by atoms with Crippen LogP contribution in [0.1, 0.15) is 45.0 Å². The zero-order valence-electron chi connectivity index (χ0n) is 18.9. The molecule has 0 unspecified atom stereocenters. The highest BCUT2D eigenvalue weighted by Gasteiger charge is 2.24. The van der Waals surface area contributed by atoms with E-state index in [4.69, 9.17) is 4.98 Å². The lowest BCUT2D eigenvalue weighted by Crippen LogP contribution is -2.36. The standard InChI is InChI=1S/C26H29FN4O/c1-18-8-4-5-11-23(18)26(32)31-13-7-12-30(14-15-31)25-24(19(2)28-20(3)29-25)17-21-9-6-10-22(27)16-21/h4-6,8-11,16H,7,12-15,17H2,1-3H3. The first kappa shape index (κ1) is 21.9. The van der Waals surface area contributed by atoms with E-state index in [1.165, 1.54) is 6.07 Å². The van der Waals surface area contributed by atoms with Crippen molar-refractivity contribution in [2.24, 2.45) is 0 Å². The van der Waals surface area contributed by atoms with Gasteiger partial charge in [0, 0.05) is 49.4 Å². The molecule has 1 amide bonds. The molecule has 5 nitrogen and oxygen atoms in total. The molecule has 0 N–H and O–H groups in total. The smallest absolute Gasteiger partial charge is 0.254 e. The van der Waals surface area contributed by atoms with E-state index in [0.29, 0.717) is 26.1 Å². The molecular weight excluding hydrogens is 403 g/mol. The van der Waals surface area contributed by atoms with Crippen molar-refractivity contribution in [3.8, 4) is 0 Å². The van der Waals surface area contributed by atoms with Gasteiger partial charge < -0.3 is 9.80 Å². The average molecular weight is 433 g/mol. The van der Waals surface area contributed by atoms with Gasteiger partial charge in [0.05, 0.1) is 0 Å². The van der Waals surface area contributed by atoms with E-state index < -0.39 is 0 Å². The number of aryl methyl sites for hydroxylation is 3. The molecular formula is C26H29FN4O. The fourth-order valence-electron chi connectivity index (χ4n) is 4.35. The molecule has 6 heteroatoms. The predicted molar refractivity (Wildman–Crippen MR) is 125 cm³/mol. The van der Waals surface area contributed by atoms with Crippen LogP contribution >= 0.6 is 0 Å². The zero-order valence-corrected chi connectivity index (χ0v) is 18.9. The van der Waals surface area contributed by atoms with Crippen molar-refractivity contribution in [1.29, 1.82) is 0 Å². The Kier molecular flexibility index (Phi) is 6.49. The first-order valence-electron chi connectivity index (χ1n) is 11.1. The average Bonchev–Trinajstić information content (AvgIpc) is 3.02. The minimum Gasteiger partial charge on any atom is -0.354 e. The largest absolute Gasteiger partial charge is 0.354 e. The third kappa shape index (κ3) is 4.79. The molecule has 1 fully saturated rings. The Morgan fingerprint density at radius 3 is 2.56 bits per heavy atom. The van der Waals surface area contributed by atoms with Crippen LogP contribution in [-0.2, 0) is 6.42 Å². The second kappa shape index (κ2) is 9.47. The second-order valence-electron chi connectivity index (χ2n) is 8.41. The van der Waals surface area contributed by atoms with Gasteiger partial charge in [-0.05, 0) is 56.5 Å². The molecule has 1 aromatic heterocycles. The molecule has 2 aromatic carbocycles. The summed E-state index contributed by atoms with van der Waals surface area (Å²) in [5.74, 6) is 1.46. The number of benzene rings is 2. The number of aromatic nitrogens is 2. The number of carbonyl (C=O) groups excluding carboxylic acids is 1. The highest BCUT2D eigenvalue weighted by Crippen LogP contribution is 2.26. The molecule has 3 aromatic rings. The van der Waals surface area contributed by atoms with Crippen molar-refractivity contribution in [2.75, 3.05) is 31.1 Å². The summed E-state index contributed by atoms with van der Waals surface area (Å²) in [7, 11) is 0. The maximum atomic E-state index is 13.8. The van der Waals surface area contributed by atoms with Crippen LogP contribution < -0.4 is 4.90 Å². The van der Waals surface area contributed by atoms with Crippen LogP contribution in [0.2, 0.25) is 0 Å². The summed E-state index contributed by atoms with van der Waals surface area (Å²) in [5, 5.41) is 0. The molecule has 0 bridgehead atoms. The van der Waals surface area contributed by atoms with Crippen molar-refractivity contribution < 1.29 is 9.18 Å². The highest BCUT2D eigenvalue weighted by molar-refractivity contribution is 5.95. The molecule has 0 radical (unpaired) electrons. The van der Waals surface area contributed by atoms with Gasteiger partial charge in [-0.25, -0.2) is 14.4 Å². The Labute approximate surface area is 188 Å². The van der Waals surface area contributed by atoms with Gasteiger partial charge in [0.1, 0.15) is 17.5 Å². The van der Waals surface area contributed by atoms with E-state index >= 15 is 0 Å². The number of halogens is 1. The Bertz CT molecular complexity index is 1130. The van der Waals surface area contributed by atoms with Crippen molar-refractivity contribution in [2.45, 2.75) is 33.6 Å². The second-order valence-corrected chi connectivity index (χ2v) is 8.41. The molecule has 0 saturated carbocycles. The Morgan fingerprint density at radius 2 is 1.78 bits per heavy atom. The third-order valence-electron chi connectivity index (χ3n) is 6.03. The SMILES string of the molecule is Cc1nc(C)c(Cc2cccc(F)c2)c(N2CCCN(C(=O)c3ccccc3C)CC2)n1. The lowest BCUT2D eigenvalue weighted by molar-refractivity contribution is 0.0766. The van der Waals surface area contributed by atoms with Crippen molar-refractivity contribution in [3.05, 3.63) is 88.1 Å². The van der Waals surface area contributed by atoms with Crippen LogP contribution in [-0.4, -0.2) is 47.0 Å². The van der Waals surface area contributed by atoms with Crippen molar-refractivity contribution >= 4 is 11.7 Å². The molecule has 1 saturated heterocycles. The van der Waals surface area contributed by atoms with Crippen LogP contribution in [0.3, 0.4) is 0 Å². The molecule has 32 heavy (non-hydrogen) atoms. The quantitative estimate of drug-likeness (QED) is 0.610. The lowest BCUT2D eigenvalue weighted by Gasteiger charge is -2.26. The van der Waals surface area contributed by atoms with Crippen LogP contribution in [0.5, 0.6) is 0 Å². The predicted octanol–water partition coefficient (Wildman–Crippen LogP) is 4.48. The van der Waals surface area contributed by atoms with E-state index in [9.17, 15) is 9.18 Å². The number of nitrogens with zero attached hydrogens (tertiary/aromatic N) is 4. The van der Waals surface area contributed by atoms with Crippen molar-refractivity contribution in [3.63, 3.8) is 0 Å². The Hall–Kier alpha value is -3.28. The van der Waals surface area contributed by atoms with E-state index in [-0.39, 0.29) is 11.7 Å².